The van der Waals surface area contributed by atoms with E-state index in [1.807, 2.05) is 17.7 Å². The molecular formula is C19H25N5OS. The molecule has 3 rings (SSSR count). The maximum absolute atomic E-state index is 12.8. The van der Waals surface area contributed by atoms with Crippen LogP contribution in [0.4, 0.5) is 0 Å². The van der Waals surface area contributed by atoms with Crippen molar-refractivity contribution >= 4 is 28.3 Å². The highest BCUT2D eigenvalue weighted by Gasteiger charge is 2.18. The van der Waals surface area contributed by atoms with E-state index < -0.39 is 0 Å². The summed E-state index contributed by atoms with van der Waals surface area (Å²) >= 11 is 1.68. The highest BCUT2D eigenvalue weighted by molar-refractivity contribution is 7.15. The second kappa shape index (κ2) is 7.97. The fraction of sp³-hybridized carbons (Fsp3) is 0.421. The van der Waals surface area contributed by atoms with Gasteiger partial charge >= 0.3 is 0 Å². The monoisotopic (exact) mass is 371 g/mol. The van der Waals surface area contributed by atoms with Crippen molar-refractivity contribution in [1.82, 2.24) is 25.4 Å². The van der Waals surface area contributed by atoms with Gasteiger partial charge in [0.25, 0.3) is 5.91 Å². The largest absolute Gasteiger partial charge is 0.351 e. The van der Waals surface area contributed by atoms with Gasteiger partial charge < -0.3 is 10.6 Å². The first-order valence-corrected chi connectivity index (χ1v) is 9.77. The number of nitrogens with one attached hydrogen (secondary N) is 2. The summed E-state index contributed by atoms with van der Waals surface area (Å²) in [6, 6.07) is 6.17. The summed E-state index contributed by atoms with van der Waals surface area (Å²) in [5, 5.41) is 11.4. The average molecular weight is 372 g/mol. The van der Waals surface area contributed by atoms with Gasteiger partial charge in [-0.2, -0.15) is 5.10 Å². The van der Waals surface area contributed by atoms with Gasteiger partial charge in [0.05, 0.1) is 27.7 Å². The lowest BCUT2D eigenvalue weighted by molar-refractivity contribution is 0.0955. The van der Waals surface area contributed by atoms with Crippen molar-refractivity contribution in [3.8, 4) is 10.6 Å². The van der Waals surface area contributed by atoms with Crippen molar-refractivity contribution < 1.29 is 4.79 Å². The van der Waals surface area contributed by atoms with Gasteiger partial charge in [0.15, 0.2) is 5.65 Å². The third kappa shape index (κ3) is 3.78. The zero-order valence-electron chi connectivity index (χ0n) is 15.7. The van der Waals surface area contributed by atoms with Crippen molar-refractivity contribution in [2.75, 3.05) is 19.6 Å². The minimum atomic E-state index is -0.0897. The molecule has 2 N–H and O–H groups in total. The van der Waals surface area contributed by atoms with Crippen LogP contribution in [-0.4, -0.2) is 40.3 Å². The summed E-state index contributed by atoms with van der Waals surface area (Å²) in [4.78, 5) is 19.9. The van der Waals surface area contributed by atoms with Gasteiger partial charge in [-0.3, -0.25) is 4.79 Å². The van der Waals surface area contributed by atoms with Gasteiger partial charge in [0.1, 0.15) is 0 Å². The second-order valence-corrected chi connectivity index (χ2v) is 7.78. The van der Waals surface area contributed by atoms with Gasteiger partial charge in [-0.05, 0) is 45.5 Å². The van der Waals surface area contributed by atoms with Gasteiger partial charge in [0, 0.05) is 24.0 Å². The zero-order valence-corrected chi connectivity index (χ0v) is 16.5. The Morgan fingerprint density at radius 3 is 2.77 bits per heavy atom. The molecule has 0 aromatic carbocycles. The molecule has 3 aromatic heterocycles. The highest BCUT2D eigenvalue weighted by atomic mass is 32.1. The molecule has 0 atom stereocenters. The Morgan fingerprint density at radius 1 is 1.31 bits per heavy atom. The Balaban J connectivity index is 2.04. The first-order valence-electron chi connectivity index (χ1n) is 8.95. The summed E-state index contributed by atoms with van der Waals surface area (Å²) in [6.07, 6.45) is 1.74. The highest BCUT2D eigenvalue weighted by Crippen LogP contribution is 2.30. The van der Waals surface area contributed by atoms with Crippen LogP contribution in [-0.2, 0) is 0 Å². The lowest BCUT2D eigenvalue weighted by Gasteiger charge is -2.10. The molecule has 0 aliphatic carbocycles. The smallest absolute Gasteiger partial charge is 0.252 e. The summed E-state index contributed by atoms with van der Waals surface area (Å²) in [5.41, 5.74) is 2.19. The molecule has 0 radical (unpaired) electrons. The molecule has 0 saturated heterocycles. The van der Waals surface area contributed by atoms with Crippen molar-refractivity contribution in [3.63, 3.8) is 0 Å². The number of carbonyl (C=O) groups is 1. The Kier molecular flexibility index (Phi) is 5.68. The number of hydrogen-bond acceptors (Lipinski definition) is 5. The normalized spacial score (nSPS) is 11.4. The molecule has 138 valence electrons. The molecule has 3 aromatic rings. The van der Waals surface area contributed by atoms with Crippen molar-refractivity contribution in [1.29, 1.82) is 0 Å². The van der Waals surface area contributed by atoms with Crippen LogP contribution < -0.4 is 10.6 Å². The van der Waals surface area contributed by atoms with E-state index in [0.29, 0.717) is 12.1 Å². The maximum Gasteiger partial charge on any atom is 0.252 e. The van der Waals surface area contributed by atoms with E-state index in [4.69, 9.17) is 4.98 Å². The number of pyridine rings is 1. The lowest BCUT2D eigenvalue weighted by atomic mass is 10.1. The molecule has 0 unspecified atom stereocenters. The van der Waals surface area contributed by atoms with E-state index in [9.17, 15) is 4.79 Å². The van der Waals surface area contributed by atoms with Crippen LogP contribution in [0.5, 0.6) is 0 Å². The number of rotatable bonds is 7. The zero-order chi connectivity index (χ0) is 18.7. The van der Waals surface area contributed by atoms with Crippen molar-refractivity contribution in [2.24, 2.45) is 0 Å². The van der Waals surface area contributed by atoms with Gasteiger partial charge in [-0.15, -0.1) is 11.3 Å². The Bertz CT molecular complexity index is 912. The van der Waals surface area contributed by atoms with E-state index in [2.05, 4.69) is 48.6 Å². The van der Waals surface area contributed by atoms with Gasteiger partial charge in [0.2, 0.25) is 0 Å². The fourth-order valence-corrected chi connectivity index (χ4v) is 3.65. The molecule has 0 aliphatic rings. The van der Waals surface area contributed by atoms with Crippen LogP contribution >= 0.6 is 11.3 Å². The quantitative estimate of drug-likeness (QED) is 0.625. The fourth-order valence-electron chi connectivity index (χ4n) is 2.82. The first kappa shape index (κ1) is 18.5. The van der Waals surface area contributed by atoms with Crippen LogP contribution in [0.3, 0.4) is 0 Å². The first-order chi connectivity index (χ1) is 12.5. The molecule has 7 heteroatoms. The number of fused-ring (bicyclic) bond motifs is 1. The van der Waals surface area contributed by atoms with Crippen LogP contribution in [0.1, 0.15) is 42.0 Å². The molecule has 0 saturated carbocycles. The Morgan fingerprint density at radius 2 is 2.12 bits per heavy atom. The van der Waals surface area contributed by atoms with Crippen LogP contribution in [0.2, 0.25) is 0 Å². The van der Waals surface area contributed by atoms with E-state index in [1.165, 1.54) is 4.88 Å². The number of amides is 1. The second-order valence-electron chi connectivity index (χ2n) is 6.49. The standard InChI is InChI=1S/C19H25N5OS/c1-5-20-8-9-21-19(25)14-10-16(17-7-6-13(4)26-17)23-18-15(14)11-22-24(18)12(2)3/h6-7,10-12,20H,5,8-9H2,1-4H3,(H,21,25). The number of carbonyl (C=O) groups excluding carboxylic acids is 1. The summed E-state index contributed by atoms with van der Waals surface area (Å²) in [7, 11) is 0. The topological polar surface area (TPSA) is 71.8 Å². The minimum Gasteiger partial charge on any atom is -0.351 e. The average Bonchev–Trinajstić information content (AvgIpc) is 3.23. The third-order valence-corrected chi connectivity index (χ3v) is 5.15. The summed E-state index contributed by atoms with van der Waals surface area (Å²) in [6.45, 7) is 10.5. The van der Waals surface area contributed by atoms with Crippen LogP contribution in [0.25, 0.3) is 21.6 Å². The van der Waals surface area contributed by atoms with Crippen molar-refractivity contribution in [3.05, 3.63) is 34.8 Å². The Labute approximate surface area is 157 Å². The van der Waals surface area contributed by atoms with E-state index in [1.54, 1.807) is 17.5 Å². The molecule has 0 fully saturated rings. The van der Waals surface area contributed by atoms with Gasteiger partial charge in [-0.1, -0.05) is 6.92 Å². The Hall–Kier alpha value is -2.25. The van der Waals surface area contributed by atoms with E-state index in [-0.39, 0.29) is 11.9 Å². The molecular weight excluding hydrogens is 346 g/mol. The lowest BCUT2D eigenvalue weighted by Crippen LogP contribution is -2.31. The van der Waals surface area contributed by atoms with E-state index in [0.717, 1.165) is 34.7 Å². The number of nitrogens with zero attached hydrogens (tertiary/aromatic N) is 3. The SMILES string of the molecule is CCNCCNC(=O)c1cc(-c2ccc(C)s2)nc2c1cnn2C(C)C. The number of aryl methyl sites for hydroxylation is 1. The molecule has 6 nitrogen and oxygen atoms in total. The number of hydrogen-bond donors (Lipinski definition) is 2. The molecule has 1 amide bonds. The predicted molar refractivity (Wildman–Crippen MR) is 107 cm³/mol. The third-order valence-electron chi connectivity index (χ3n) is 4.13. The summed E-state index contributed by atoms with van der Waals surface area (Å²) in [5.74, 6) is -0.0897. The van der Waals surface area contributed by atoms with Crippen LogP contribution in [0, 0.1) is 6.92 Å². The molecule has 3 heterocycles. The summed E-state index contributed by atoms with van der Waals surface area (Å²) < 4.78 is 1.87. The predicted octanol–water partition coefficient (Wildman–Crippen LogP) is 3.39. The molecule has 0 spiro atoms. The molecule has 26 heavy (non-hydrogen) atoms. The minimum absolute atomic E-state index is 0.0897. The number of likely N-dealkylation sites (N-methyl/N-ethyl adjacent to an activating group) is 1. The van der Waals surface area contributed by atoms with Crippen molar-refractivity contribution in [2.45, 2.75) is 33.7 Å². The molecule has 0 aliphatic heterocycles. The van der Waals surface area contributed by atoms with E-state index >= 15 is 0 Å². The van der Waals surface area contributed by atoms with Crippen LogP contribution in [0.15, 0.2) is 24.4 Å². The van der Waals surface area contributed by atoms with Gasteiger partial charge in [-0.25, -0.2) is 9.67 Å². The maximum atomic E-state index is 12.8. The number of aromatic nitrogens is 3. The number of thiophene rings is 1. The molecule has 0 bridgehead atoms.